The largest absolute Gasteiger partial charge is 0.336 e. The van der Waals surface area contributed by atoms with Crippen molar-refractivity contribution in [3.05, 3.63) is 39.0 Å². The van der Waals surface area contributed by atoms with E-state index in [1.807, 2.05) is 0 Å². The molecule has 0 saturated heterocycles. The van der Waals surface area contributed by atoms with Crippen LogP contribution in [0.2, 0.25) is 5.02 Å². The minimum Gasteiger partial charge on any atom is -0.336 e. The summed E-state index contributed by atoms with van der Waals surface area (Å²) in [7, 11) is 1.54. The van der Waals surface area contributed by atoms with Crippen LogP contribution in [-0.4, -0.2) is 36.0 Å². The zero-order valence-electron chi connectivity index (χ0n) is 17.3. The molecule has 0 atom stereocenters. The normalized spacial score (nSPS) is 20.3. The van der Waals surface area contributed by atoms with E-state index >= 15 is 0 Å². The van der Waals surface area contributed by atoms with Gasteiger partial charge in [0.05, 0.1) is 5.02 Å². The highest BCUT2D eigenvalue weighted by Crippen LogP contribution is 2.38. The maximum Gasteiger partial charge on any atom is 0.276 e. The van der Waals surface area contributed by atoms with Gasteiger partial charge in [0.25, 0.3) is 11.5 Å². The van der Waals surface area contributed by atoms with Crippen molar-refractivity contribution in [2.75, 3.05) is 12.4 Å². The zero-order valence-corrected chi connectivity index (χ0v) is 18.1. The van der Waals surface area contributed by atoms with E-state index in [0.717, 1.165) is 32.1 Å². The number of aliphatic imine (C=N–C) groups is 2. The smallest absolute Gasteiger partial charge is 0.276 e. The lowest BCUT2D eigenvalue weighted by Gasteiger charge is -2.35. The second kappa shape index (κ2) is 8.30. The Balaban J connectivity index is 1.66. The van der Waals surface area contributed by atoms with Crippen molar-refractivity contribution < 1.29 is 9.59 Å². The van der Waals surface area contributed by atoms with Gasteiger partial charge in [0.2, 0.25) is 5.91 Å². The highest BCUT2D eigenvalue weighted by atomic mass is 35.5. The summed E-state index contributed by atoms with van der Waals surface area (Å²) in [5.41, 5.74) is -0.725. The molecule has 4 rings (SSSR count). The van der Waals surface area contributed by atoms with Crippen molar-refractivity contribution >= 4 is 41.7 Å². The summed E-state index contributed by atoms with van der Waals surface area (Å²) in [4.78, 5) is 46.0. The van der Waals surface area contributed by atoms with E-state index in [1.54, 1.807) is 7.05 Å². The molecular formula is C21H25ClN6O3. The Bertz CT molecular complexity index is 1060. The number of halogens is 1. The minimum absolute atomic E-state index is 0.0111. The quantitative estimate of drug-likeness (QED) is 0.477. The summed E-state index contributed by atoms with van der Waals surface area (Å²) in [6, 6.07) is 1.43. The number of carbonyl (C=O) groups is 2. The molecule has 0 radical (unpaired) electrons. The van der Waals surface area contributed by atoms with Gasteiger partial charge < -0.3 is 16.0 Å². The zero-order chi connectivity index (χ0) is 22.2. The van der Waals surface area contributed by atoms with E-state index < -0.39 is 5.66 Å². The molecule has 1 aromatic heterocycles. The summed E-state index contributed by atoms with van der Waals surface area (Å²) >= 11 is 6.41. The maximum absolute atomic E-state index is 13.4. The Labute approximate surface area is 184 Å². The fourth-order valence-corrected chi connectivity index (χ4v) is 4.50. The second-order valence-electron chi connectivity index (χ2n) is 8.13. The third-order valence-electron chi connectivity index (χ3n) is 5.97. The molecule has 3 N–H and O–H groups in total. The number of nitrogens with one attached hydrogen (secondary N) is 3. The van der Waals surface area contributed by atoms with Crippen molar-refractivity contribution in [2.24, 2.45) is 15.9 Å². The van der Waals surface area contributed by atoms with Gasteiger partial charge in [-0.25, -0.2) is 4.99 Å². The highest BCUT2D eigenvalue weighted by molar-refractivity contribution is 6.34. The van der Waals surface area contributed by atoms with E-state index in [1.165, 1.54) is 16.7 Å². The van der Waals surface area contributed by atoms with Gasteiger partial charge in [-0.05, 0) is 51.3 Å². The summed E-state index contributed by atoms with van der Waals surface area (Å²) in [5.74, 6) is 0.0940. The van der Waals surface area contributed by atoms with Gasteiger partial charge in [-0.3, -0.25) is 23.9 Å². The van der Waals surface area contributed by atoms with Gasteiger partial charge in [0, 0.05) is 19.0 Å². The summed E-state index contributed by atoms with van der Waals surface area (Å²) in [5, 5.41) is 8.85. The number of fused-ring (bicyclic) bond motifs is 2. The first-order valence-corrected chi connectivity index (χ1v) is 10.8. The van der Waals surface area contributed by atoms with Crippen LogP contribution in [0, 0.1) is 5.92 Å². The molecule has 0 unspecified atom stereocenters. The monoisotopic (exact) mass is 444 g/mol. The Morgan fingerprint density at radius 2 is 2.03 bits per heavy atom. The topological polar surface area (TPSA) is 117 Å². The molecule has 0 bridgehead atoms. The highest BCUT2D eigenvalue weighted by Gasteiger charge is 2.45. The number of rotatable bonds is 5. The van der Waals surface area contributed by atoms with E-state index in [9.17, 15) is 14.4 Å². The van der Waals surface area contributed by atoms with Gasteiger partial charge in [-0.2, -0.15) is 0 Å². The van der Waals surface area contributed by atoms with Crippen molar-refractivity contribution in [1.29, 1.82) is 0 Å². The van der Waals surface area contributed by atoms with Crippen LogP contribution in [0.5, 0.6) is 0 Å². The van der Waals surface area contributed by atoms with E-state index in [0.29, 0.717) is 18.7 Å². The van der Waals surface area contributed by atoms with Crippen LogP contribution in [0.25, 0.3) is 0 Å². The Hall–Kier alpha value is -2.94. The van der Waals surface area contributed by atoms with Gasteiger partial charge in [-0.1, -0.05) is 18.0 Å². The number of amides is 2. The second-order valence-corrected chi connectivity index (χ2v) is 8.53. The standard InChI is InChI=1S/C21H25ClN6O3/c1-23-15(11-16(24-2)26-18(29)12-6-7-12)25-14-10-13(22)17-19(30)27-21(28(17)20(14)31)8-4-3-5-9-21/h10-12H,2-9H2,1H3,(H,23,25)(H,26,29)(H,27,30)/b16-11+. The molecule has 1 aliphatic heterocycles. The molecule has 10 heteroatoms. The molecule has 2 amide bonds. The Morgan fingerprint density at radius 1 is 1.32 bits per heavy atom. The SMILES string of the molecule is C=N/C(=C\C(=NC)Nc1cc(Cl)c2n(c1=O)C1(CCCCC1)NC2=O)NC(=O)C1CC1. The number of aromatic nitrogens is 1. The molecule has 2 heterocycles. The first-order valence-electron chi connectivity index (χ1n) is 10.4. The van der Waals surface area contributed by atoms with Gasteiger partial charge >= 0.3 is 0 Å². The average Bonchev–Trinajstić information content (AvgIpc) is 3.56. The van der Waals surface area contributed by atoms with Crippen molar-refractivity contribution in [1.82, 2.24) is 15.2 Å². The molecule has 1 spiro atoms. The van der Waals surface area contributed by atoms with Crippen LogP contribution < -0.4 is 21.5 Å². The molecule has 2 fully saturated rings. The lowest BCUT2D eigenvalue weighted by Crippen LogP contribution is -2.49. The fourth-order valence-electron chi connectivity index (χ4n) is 4.22. The lowest BCUT2D eigenvalue weighted by molar-refractivity contribution is -0.121. The molecule has 3 aliphatic rings. The van der Waals surface area contributed by atoms with Gasteiger partial charge in [-0.15, -0.1) is 0 Å². The molecule has 2 aliphatic carbocycles. The Morgan fingerprint density at radius 3 is 2.65 bits per heavy atom. The van der Waals surface area contributed by atoms with Gasteiger partial charge in [0.1, 0.15) is 28.7 Å². The van der Waals surface area contributed by atoms with E-state index in [4.69, 9.17) is 11.6 Å². The van der Waals surface area contributed by atoms with Crippen LogP contribution in [0.15, 0.2) is 32.7 Å². The van der Waals surface area contributed by atoms with Crippen molar-refractivity contribution in [3.63, 3.8) is 0 Å². The number of hydrogen-bond acceptors (Lipinski definition) is 5. The van der Waals surface area contributed by atoms with Crippen LogP contribution in [0.4, 0.5) is 5.69 Å². The average molecular weight is 445 g/mol. The predicted molar refractivity (Wildman–Crippen MR) is 120 cm³/mol. The maximum atomic E-state index is 13.4. The summed E-state index contributed by atoms with van der Waals surface area (Å²) in [6.45, 7) is 3.48. The molecular weight excluding hydrogens is 420 g/mol. The molecule has 164 valence electrons. The number of hydrogen-bond donors (Lipinski definition) is 3. The number of anilines is 1. The predicted octanol–water partition coefficient (Wildman–Crippen LogP) is 2.37. The third-order valence-corrected chi connectivity index (χ3v) is 6.26. The van der Waals surface area contributed by atoms with Crippen molar-refractivity contribution in [2.45, 2.75) is 50.6 Å². The number of carbonyl (C=O) groups excluding carboxylic acids is 2. The fraction of sp³-hybridized carbons (Fsp3) is 0.476. The lowest BCUT2D eigenvalue weighted by atomic mass is 9.89. The number of amidine groups is 1. The summed E-state index contributed by atoms with van der Waals surface area (Å²) < 4.78 is 1.50. The minimum atomic E-state index is -0.742. The van der Waals surface area contributed by atoms with Gasteiger partial charge in [0.15, 0.2) is 0 Å². The summed E-state index contributed by atoms with van der Waals surface area (Å²) in [6.07, 6.45) is 7.48. The van der Waals surface area contributed by atoms with Crippen LogP contribution in [0.1, 0.15) is 55.4 Å². The Kier molecular flexibility index (Phi) is 5.70. The first kappa shape index (κ1) is 21.3. The van der Waals surface area contributed by atoms with E-state index in [-0.39, 0.29) is 45.5 Å². The van der Waals surface area contributed by atoms with Crippen LogP contribution in [-0.2, 0) is 10.5 Å². The van der Waals surface area contributed by atoms with Crippen molar-refractivity contribution in [3.8, 4) is 0 Å². The number of nitrogens with zero attached hydrogens (tertiary/aromatic N) is 3. The van der Waals surface area contributed by atoms with E-state index in [2.05, 4.69) is 32.7 Å². The molecule has 2 saturated carbocycles. The molecule has 1 aromatic rings. The van der Waals surface area contributed by atoms with Crippen LogP contribution >= 0.6 is 11.6 Å². The third kappa shape index (κ3) is 4.01. The molecule has 0 aromatic carbocycles. The number of pyridine rings is 1. The molecule has 31 heavy (non-hydrogen) atoms. The van der Waals surface area contributed by atoms with Crippen LogP contribution in [0.3, 0.4) is 0 Å². The molecule has 9 nitrogen and oxygen atoms in total. The first-order chi connectivity index (χ1) is 14.9.